The van der Waals surface area contributed by atoms with Crippen molar-refractivity contribution in [3.8, 4) is 5.75 Å². The van der Waals surface area contributed by atoms with Gasteiger partial charge < -0.3 is 27.0 Å². The lowest BCUT2D eigenvalue weighted by Gasteiger charge is -2.12. The average Bonchev–Trinajstić information content (AvgIpc) is 3.36. The smallest absolute Gasteiger partial charge is 0.228 e. The van der Waals surface area contributed by atoms with E-state index in [2.05, 4.69) is 34.6 Å². The first-order chi connectivity index (χ1) is 20.0. The number of anilines is 1. The number of hydrogen-bond acceptors (Lipinski definition) is 4. The number of amides is 1. The molecule has 0 saturated heterocycles. The van der Waals surface area contributed by atoms with Gasteiger partial charge in [0, 0.05) is 18.2 Å². The van der Waals surface area contributed by atoms with Gasteiger partial charge >= 0.3 is 0 Å². The molecular weight excluding hydrogens is 608 g/mol. The summed E-state index contributed by atoms with van der Waals surface area (Å²) in [6, 6.07) is 13.5. The van der Waals surface area contributed by atoms with Crippen molar-refractivity contribution in [3.63, 3.8) is 0 Å². The van der Waals surface area contributed by atoms with E-state index >= 15 is 0 Å². The summed E-state index contributed by atoms with van der Waals surface area (Å²) in [5, 5.41) is 5.10. The SMILES string of the molecule is CCCCCCCCCCCCCCOc1ccc(CC(=O)Nc2ccc(C[n+]3cscc3C)cc2)cc1C(C)=O.[Br-]. The molecule has 0 radical (unpaired) electrons. The van der Waals surface area contributed by atoms with Crippen LogP contribution in [0.1, 0.15) is 118 Å². The maximum absolute atomic E-state index is 12.7. The Bertz CT molecular complexity index is 1210. The van der Waals surface area contributed by atoms with E-state index < -0.39 is 0 Å². The third-order valence-corrected chi connectivity index (χ3v) is 8.37. The molecule has 0 spiro atoms. The molecule has 0 saturated carbocycles. The molecule has 1 aromatic heterocycles. The molecule has 42 heavy (non-hydrogen) atoms. The molecule has 1 N–H and O–H groups in total. The van der Waals surface area contributed by atoms with Crippen LogP contribution in [0.3, 0.4) is 0 Å². The lowest BCUT2D eigenvalue weighted by atomic mass is 10.0. The van der Waals surface area contributed by atoms with Crippen molar-refractivity contribution in [2.45, 2.75) is 111 Å². The van der Waals surface area contributed by atoms with Crippen molar-refractivity contribution < 1.29 is 35.9 Å². The fourth-order valence-electron chi connectivity index (χ4n) is 5.01. The Labute approximate surface area is 267 Å². The van der Waals surface area contributed by atoms with E-state index in [4.69, 9.17) is 4.74 Å². The second-order valence-electron chi connectivity index (χ2n) is 11.2. The lowest BCUT2D eigenvalue weighted by Crippen LogP contribution is -3.00. The molecule has 0 aliphatic heterocycles. The number of nitrogens with zero attached hydrogens (tertiary/aromatic N) is 1. The number of thiazole rings is 1. The highest BCUT2D eigenvalue weighted by Gasteiger charge is 2.13. The number of halogens is 1. The van der Waals surface area contributed by atoms with Gasteiger partial charge in [0.15, 0.2) is 18.0 Å². The molecule has 3 rings (SSSR count). The van der Waals surface area contributed by atoms with E-state index in [0.29, 0.717) is 17.9 Å². The quantitative estimate of drug-likeness (QED) is 0.0942. The maximum atomic E-state index is 12.7. The van der Waals surface area contributed by atoms with Crippen LogP contribution in [0.5, 0.6) is 5.75 Å². The number of Topliss-reactive ketones (excluding diaryl/α,β-unsaturated/α-hetero) is 1. The topological polar surface area (TPSA) is 59.3 Å². The molecule has 5 nitrogen and oxygen atoms in total. The first-order valence-electron chi connectivity index (χ1n) is 15.5. The second kappa shape index (κ2) is 20.4. The summed E-state index contributed by atoms with van der Waals surface area (Å²) in [6.45, 7) is 7.33. The van der Waals surface area contributed by atoms with Gasteiger partial charge in [0.2, 0.25) is 11.4 Å². The van der Waals surface area contributed by atoms with E-state index in [9.17, 15) is 9.59 Å². The van der Waals surface area contributed by atoms with Gasteiger partial charge in [-0.15, -0.1) is 0 Å². The zero-order valence-electron chi connectivity index (χ0n) is 25.8. The van der Waals surface area contributed by atoms with Crippen molar-refractivity contribution in [2.24, 2.45) is 0 Å². The molecule has 0 bridgehead atoms. The number of aromatic nitrogens is 1. The highest BCUT2D eigenvalue weighted by molar-refractivity contribution is 7.07. The Kier molecular flexibility index (Phi) is 17.3. The minimum absolute atomic E-state index is 0. The van der Waals surface area contributed by atoms with Crippen LogP contribution >= 0.6 is 11.3 Å². The largest absolute Gasteiger partial charge is 1.00 e. The summed E-state index contributed by atoms with van der Waals surface area (Å²) in [5.41, 5.74) is 6.62. The molecule has 7 heteroatoms. The van der Waals surface area contributed by atoms with Crippen molar-refractivity contribution in [3.05, 3.63) is 75.7 Å². The predicted octanol–water partition coefficient (Wildman–Crippen LogP) is 5.86. The summed E-state index contributed by atoms with van der Waals surface area (Å²) in [5.74, 6) is 0.450. The molecule has 0 unspecified atom stereocenters. The Hall–Kier alpha value is -2.51. The number of rotatable bonds is 20. The highest BCUT2D eigenvalue weighted by Crippen LogP contribution is 2.22. The predicted molar refractivity (Wildman–Crippen MR) is 170 cm³/mol. The molecule has 230 valence electrons. The standard InChI is InChI=1S/C35H48N2O3S.BrH/c1-4-5-6-7-8-9-10-11-12-13-14-15-22-40-34-21-18-31(23-33(34)29(3)38)24-35(39)36-32-19-16-30(17-20-32)25-37-27-41-26-28(37)2;/h16-21,23,26-27H,4-15,22,24-25H2,1-3H3;1H. The molecule has 3 aromatic rings. The summed E-state index contributed by atoms with van der Waals surface area (Å²) in [7, 11) is 0. The Balaban J connectivity index is 0.00000616. The van der Waals surface area contributed by atoms with E-state index in [1.54, 1.807) is 24.3 Å². The third kappa shape index (κ3) is 13.2. The summed E-state index contributed by atoms with van der Waals surface area (Å²) in [6.07, 6.45) is 15.8. The van der Waals surface area contributed by atoms with Crippen LogP contribution in [0.15, 0.2) is 53.4 Å². The van der Waals surface area contributed by atoms with E-state index in [1.165, 1.54) is 75.5 Å². The van der Waals surface area contributed by atoms with Gasteiger partial charge in [-0.05, 0) is 43.2 Å². The van der Waals surface area contributed by atoms with Gasteiger partial charge in [0.05, 0.1) is 24.0 Å². The number of ketones is 1. The summed E-state index contributed by atoms with van der Waals surface area (Å²) < 4.78 is 8.18. The minimum atomic E-state index is -0.111. The second-order valence-corrected chi connectivity index (χ2v) is 11.9. The van der Waals surface area contributed by atoms with E-state index in [0.717, 1.165) is 30.6 Å². The van der Waals surface area contributed by atoms with Gasteiger partial charge in [-0.3, -0.25) is 9.59 Å². The van der Waals surface area contributed by atoms with Gasteiger partial charge in [0.1, 0.15) is 5.75 Å². The highest BCUT2D eigenvalue weighted by atomic mass is 79.9. The summed E-state index contributed by atoms with van der Waals surface area (Å²) >= 11 is 1.69. The third-order valence-electron chi connectivity index (χ3n) is 7.51. The lowest BCUT2D eigenvalue weighted by molar-refractivity contribution is -0.689. The number of hydrogen-bond donors (Lipinski definition) is 1. The minimum Gasteiger partial charge on any atom is -1.00 e. The molecule has 1 heterocycles. The molecular formula is C35H49BrN2O3S. The number of carbonyl (C=O) groups is 2. The zero-order chi connectivity index (χ0) is 29.3. The molecule has 0 fully saturated rings. The van der Waals surface area contributed by atoms with Gasteiger partial charge in [-0.2, -0.15) is 4.57 Å². The number of benzene rings is 2. The van der Waals surface area contributed by atoms with Crippen LogP contribution in [0.25, 0.3) is 0 Å². The van der Waals surface area contributed by atoms with Gasteiger partial charge in [-0.25, -0.2) is 0 Å². The molecule has 0 aliphatic rings. The van der Waals surface area contributed by atoms with Crippen molar-refractivity contribution in [1.82, 2.24) is 0 Å². The Morgan fingerprint density at radius 1 is 0.833 bits per heavy atom. The Morgan fingerprint density at radius 3 is 2.00 bits per heavy atom. The molecule has 2 aromatic carbocycles. The van der Waals surface area contributed by atoms with Crippen LogP contribution in [0, 0.1) is 6.92 Å². The average molecular weight is 658 g/mol. The van der Waals surface area contributed by atoms with Crippen LogP contribution in [0.2, 0.25) is 0 Å². The number of aryl methyl sites for hydroxylation is 1. The van der Waals surface area contributed by atoms with E-state index in [1.807, 2.05) is 36.4 Å². The molecule has 0 aliphatic carbocycles. The van der Waals surface area contributed by atoms with Crippen molar-refractivity contribution in [1.29, 1.82) is 0 Å². The zero-order valence-corrected chi connectivity index (χ0v) is 28.2. The van der Waals surface area contributed by atoms with Gasteiger partial charge in [0.25, 0.3) is 0 Å². The van der Waals surface area contributed by atoms with E-state index in [-0.39, 0.29) is 35.1 Å². The van der Waals surface area contributed by atoms with Crippen LogP contribution in [-0.2, 0) is 17.8 Å². The number of nitrogens with one attached hydrogen (secondary N) is 1. The van der Waals surface area contributed by atoms with Crippen LogP contribution < -0.4 is 31.6 Å². The fourth-order valence-corrected chi connectivity index (χ4v) is 5.79. The number of ether oxygens (including phenoxy) is 1. The van der Waals surface area contributed by atoms with Gasteiger partial charge in [-0.1, -0.05) is 107 Å². The summed E-state index contributed by atoms with van der Waals surface area (Å²) in [4.78, 5) is 25.0. The molecule has 0 atom stereocenters. The monoisotopic (exact) mass is 656 g/mol. The number of unbranched alkanes of at least 4 members (excludes halogenated alkanes) is 11. The van der Waals surface area contributed by atoms with Crippen molar-refractivity contribution >= 4 is 28.7 Å². The normalized spacial score (nSPS) is 10.7. The van der Waals surface area contributed by atoms with Crippen LogP contribution in [0.4, 0.5) is 5.69 Å². The first kappa shape index (κ1) is 35.7. The van der Waals surface area contributed by atoms with Crippen LogP contribution in [-0.4, -0.2) is 18.3 Å². The number of carbonyl (C=O) groups excluding carboxylic acids is 2. The van der Waals surface area contributed by atoms with Crippen molar-refractivity contribution in [2.75, 3.05) is 11.9 Å². The fraction of sp³-hybridized carbons (Fsp3) is 0.514. The maximum Gasteiger partial charge on any atom is 0.228 e. The first-order valence-corrected chi connectivity index (χ1v) is 16.5. The Morgan fingerprint density at radius 2 is 1.43 bits per heavy atom. The molecule has 1 amide bonds.